The van der Waals surface area contributed by atoms with Gasteiger partial charge in [-0.2, -0.15) is 0 Å². The summed E-state index contributed by atoms with van der Waals surface area (Å²) >= 11 is 0. The first kappa shape index (κ1) is 40.7. The van der Waals surface area contributed by atoms with Gasteiger partial charge >= 0.3 is 0 Å². The Morgan fingerprint density at radius 1 is 1.06 bits per heavy atom. The van der Waals surface area contributed by atoms with Crippen LogP contribution >= 0.6 is 0 Å². The molecule has 4 aliphatic rings. The van der Waals surface area contributed by atoms with Crippen LogP contribution in [0.25, 0.3) is 0 Å². The number of rotatable bonds is 19. The molecule has 0 unspecified atom stereocenters. The van der Waals surface area contributed by atoms with Crippen LogP contribution in [0.15, 0.2) is 47.6 Å². The molecule has 10 nitrogen and oxygen atoms in total. The Bertz CT molecular complexity index is 1330. The number of hydrogen-bond donors (Lipinski definition) is 3. The van der Waals surface area contributed by atoms with E-state index in [-0.39, 0.29) is 50.6 Å². The molecule has 3 N–H and O–H groups in total. The number of nitrogens with one attached hydrogen (secondary N) is 2. The van der Waals surface area contributed by atoms with Crippen molar-refractivity contribution in [2.24, 2.45) is 23.2 Å². The maximum absolute atomic E-state index is 12.1. The van der Waals surface area contributed by atoms with Crippen molar-refractivity contribution in [3.63, 3.8) is 0 Å². The Kier molecular flexibility index (Phi) is 15.3. The molecular formula is C41H63N3O7. The van der Waals surface area contributed by atoms with Gasteiger partial charge in [0.25, 0.3) is 11.8 Å². The molecular weight excluding hydrogens is 646 g/mol. The Morgan fingerprint density at radius 2 is 1.80 bits per heavy atom. The second-order valence-corrected chi connectivity index (χ2v) is 16.1. The number of fused-ring (bicyclic) bond motifs is 1. The number of carbonyl (C=O) groups excluding carboxylic acids is 4. The number of hydrogen-bond acceptors (Lipinski definition) is 7. The second kappa shape index (κ2) is 19.1. The molecule has 1 heterocycles. The largest absolute Gasteiger partial charge is 0.390 e. The Labute approximate surface area is 305 Å². The van der Waals surface area contributed by atoms with Gasteiger partial charge in [-0.05, 0) is 107 Å². The van der Waals surface area contributed by atoms with E-state index in [0.29, 0.717) is 36.8 Å². The van der Waals surface area contributed by atoms with Crippen LogP contribution in [0.5, 0.6) is 0 Å². The van der Waals surface area contributed by atoms with E-state index in [1.165, 1.54) is 61.8 Å². The fourth-order valence-corrected chi connectivity index (χ4v) is 8.78. The molecule has 5 atom stereocenters. The topological polar surface area (TPSA) is 134 Å². The minimum atomic E-state index is -0.577. The van der Waals surface area contributed by atoms with Gasteiger partial charge in [0.2, 0.25) is 11.8 Å². The number of ether oxygens (including phenoxy) is 2. The van der Waals surface area contributed by atoms with E-state index in [2.05, 4.69) is 43.2 Å². The molecule has 0 aromatic heterocycles. The van der Waals surface area contributed by atoms with Crippen molar-refractivity contribution >= 4 is 23.6 Å². The van der Waals surface area contributed by atoms with Crippen molar-refractivity contribution in [2.45, 2.75) is 123 Å². The van der Waals surface area contributed by atoms with Gasteiger partial charge in [0.15, 0.2) is 0 Å². The summed E-state index contributed by atoms with van der Waals surface area (Å²) in [6.45, 7) is 14.6. The van der Waals surface area contributed by atoms with Gasteiger partial charge in [-0.1, -0.05) is 56.6 Å². The van der Waals surface area contributed by atoms with Crippen LogP contribution in [0.1, 0.15) is 111 Å². The fourth-order valence-electron chi connectivity index (χ4n) is 8.78. The van der Waals surface area contributed by atoms with Crippen molar-refractivity contribution in [3.8, 4) is 0 Å². The normalized spacial score (nSPS) is 27.4. The lowest BCUT2D eigenvalue weighted by molar-refractivity contribution is -0.137. The summed E-state index contributed by atoms with van der Waals surface area (Å²) in [4.78, 5) is 48.2. The third-order valence-electron chi connectivity index (χ3n) is 11.6. The molecule has 51 heavy (non-hydrogen) atoms. The van der Waals surface area contributed by atoms with Gasteiger partial charge in [0, 0.05) is 44.8 Å². The van der Waals surface area contributed by atoms with Crippen molar-refractivity contribution < 1.29 is 33.8 Å². The first-order valence-electron chi connectivity index (χ1n) is 19.3. The van der Waals surface area contributed by atoms with E-state index < -0.39 is 17.4 Å². The zero-order valence-electron chi connectivity index (χ0n) is 31.6. The van der Waals surface area contributed by atoms with Crippen molar-refractivity contribution in [2.75, 3.05) is 39.5 Å². The highest BCUT2D eigenvalue weighted by atomic mass is 16.5. The molecule has 1 aliphatic heterocycles. The van der Waals surface area contributed by atoms with E-state index in [0.717, 1.165) is 42.9 Å². The lowest BCUT2D eigenvalue weighted by Gasteiger charge is -2.44. The highest BCUT2D eigenvalue weighted by Crippen LogP contribution is 2.60. The summed E-state index contributed by atoms with van der Waals surface area (Å²) < 4.78 is 11.6. The van der Waals surface area contributed by atoms with E-state index in [1.807, 2.05) is 13.8 Å². The molecule has 284 valence electrons. The molecule has 4 amide bonds. The molecule has 0 aromatic rings. The van der Waals surface area contributed by atoms with E-state index in [1.54, 1.807) is 5.57 Å². The Balaban J connectivity index is 1.10. The summed E-state index contributed by atoms with van der Waals surface area (Å²) in [5, 5.41) is 15.7. The Morgan fingerprint density at radius 3 is 2.55 bits per heavy atom. The van der Waals surface area contributed by atoms with Crippen LogP contribution in [-0.2, 0) is 28.7 Å². The van der Waals surface area contributed by atoms with E-state index in [4.69, 9.17) is 9.47 Å². The number of allylic oxidation sites excluding steroid dienone is 4. The third-order valence-corrected chi connectivity index (χ3v) is 11.6. The van der Waals surface area contributed by atoms with E-state index >= 15 is 0 Å². The van der Waals surface area contributed by atoms with Gasteiger partial charge in [0.05, 0.1) is 18.3 Å². The number of imide groups is 1. The number of carbonyl (C=O) groups is 4. The molecule has 0 spiro atoms. The average Bonchev–Trinajstić information content (AvgIpc) is 3.60. The van der Waals surface area contributed by atoms with Crippen molar-refractivity contribution in [1.29, 1.82) is 0 Å². The lowest BCUT2D eigenvalue weighted by Crippen LogP contribution is -2.36. The predicted molar refractivity (Wildman–Crippen MR) is 198 cm³/mol. The molecule has 10 heteroatoms. The van der Waals surface area contributed by atoms with Gasteiger partial charge < -0.3 is 25.2 Å². The van der Waals surface area contributed by atoms with E-state index in [9.17, 15) is 24.3 Å². The summed E-state index contributed by atoms with van der Waals surface area (Å²) in [6, 6.07) is 0. The minimum Gasteiger partial charge on any atom is -0.390 e. The molecule has 0 aromatic carbocycles. The fraction of sp³-hybridized carbons (Fsp3) is 0.707. The van der Waals surface area contributed by atoms with Crippen LogP contribution in [0, 0.1) is 23.2 Å². The first-order chi connectivity index (χ1) is 24.3. The third kappa shape index (κ3) is 12.2. The molecule has 3 aliphatic carbocycles. The summed E-state index contributed by atoms with van der Waals surface area (Å²) in [5.74, 6) is 0.747. The first-order valence-corrected chi connectivity index (χ1v) is 19.3. The number of aliphatic hydroxyl groups is 1. The van der Waals surface area contributed by atoms with Gasteiger partial charge in [-0.3, -0.25) is 24.1 Å². The van der Waals surface area contributed by atoms with Crippen molar-refractivity contribution in [3.05, 3.63) is 47.6 Å². The predicted octanol–water partition coefficient (Wildman–Crippen LogP) is 5.71. The van der Waals surface area contributed by atoms with Crippen LogP contribution in [0.2, 0.25) is 0 Å². The second-order valence-electron chi connectivity index (χ2n) is 16.1. The molecule has 4 rings (SSSR count). The quantitative estimate of drug-likeness (QED) is 0.116. The summed E-state index contributed by atoms with van der Waals surface area (Å²) in [5.41, 5.74) is 3.93. The maximum Gasteiger partial charge on any atom is 0.253 e. The van der Waals surface area contributed by atoms with Gasteiger partial charge in [0.1, 0.15) is 6.61 Å². The van der Waals surface area contributed by atoms with Crippen LogP contribution in [-0.4, -0.2) is 84.8 Å². The molecule has 0 radical (unpaired) electrons. The van der Waals surface area contributed by atoms with Crippen LogP contribution in [0.3, 0.4) is 0 Å². The number of amides is 4. The molecule has 3 fully saturated rings. The van der Waals surface area contributed by atoms with Crippen molar-refractivity contribution in [1.82, 2.24) is 15.5 Å². The summed E-state index contributed by atoms with van der Waals surface area (Å²) in [6.07, 6.45) is 20.3. The van der Waals surface area contributed by atoms with Gasteiger partial charge in [-0.25, -0.2) is 0 Å². The molecule has 0 bridgehead atoms. The van der Waals surface area contributed by atoms with Gasteiger partial charge in [-0.15, -0.1) is 0 Å². The maximum atomic E-state index is 12.1. The highest BCUT2D eigenvalue weighted by molar-refractivity contribution is 6.13. The monoisotopic (exact) mass is 709 g/mol. The molecule has 3 saturated carbocycles. The SMILES string of the molecule is C=C1CC[C@H](OCCCNC(=O)COCCNC(=O)CCN2C(=O)C=CC2=O)C/C1=C/C=C1\CCC[C@]2(C)[C@@H]([C@H](C)CCCC(C)(C)O)CC[C@@H]12. The average molecular weight is 710 g/mol. The van der Waals surface area contributed by atoms with Crippen LogP contribution < -0.4 is 10.6 Å². The zero-order valence-corrected chi connectivity index (χ0v) is 31.6. The molecule has 0 saturated heterocycles. The number of nitrogens with zero attached hydrogens (tertiary/aromatic N) is 1. The lowest BCUT2D eigenvalue weighted by atomic mass is 9.60. The zero-order chi connectivity index (χ0) is 37.0. The standard InChI is InChI=1S/C41H63N3O7/c1-29-11-14-33(51-25-8-22-42-37(46)28-50-26-23-43-36(45)19-24-44-38(47)17-18-39(44)48)27-32(29)13-12-31-10-7-21-41(5)34(15-16-35(31)41)30(2)9-6-20-40(3,4)49/h12-13,17-18,30,33-35,49H,1,6-11,14-16,19-28H2,2-5H3,(H,42,46)(H,43,45)/b31-12+,32-13-/t30-,33+,34-,35+,41-/m1/s1. The highest BCUT2D eigenvalue weighted by Gasteiger charge is 2.50. The smallest absolute Gasteiger partial charge is 0.253 e. The van der Waals surface area contributed by atoms with Crippen LogP contribution in [0.4, 0.5) is 0 Å². The minimum absolute atomic E-state index is 0.0138. The summed E-state index contributed by atoms with van der Waals surface area (Å²) in [7, 11) is 0. The Hall–Kier alpha value is -3.08.